The number of nitrogens with zero attached hydrogens (tertiary/aromatic N) is 2. The van der Waals surface area contributed by atoms with Crippen molar-refractivity contribution in [3.63, 3.8) is 0 Å². The van der Waals surface area contributed by atoms with Crippen LogP contribution in [0.15, 0.2) is 231 Å². The highest BCUT2D eigenvalue weighted by molar-refractivity contribution is 6.10. The molecule has 0 saturated carbocycles. The molecule has 1 aromatic heterocycles. The number of rotatable bonds is 7. The standard InChI is InChI=1S/C66H50N2/c1-65(2)59-24-14-11-21-53(59)55-35-32-50(41-61(55)65)67(51-33-36-56-54-22-12-15-25-60(54)66(3,4)62(56)42-51)49-30-27-45(28-31-49)46-29-34-58-57-23-13-16-26-63(57)68(64(58)40-46)52-38-47(43-17-7-5-8-18-43)37-48(39-52)44-19-9-6-10-20-44/h5-42H,1-4H3. The third kappa shape index (κ3) is 6.17. The van der Waals surface area contributed by atoms with E-state index >= 15 is 0 Å². The minimum absolute atomic E-state index is 0.119. The van der Waals surface area contributed by atoms with Gasteiger partial charge in [-0.05, 0) is 145 Å². The molecule has 0 N–H and O–H groups in total. The average molecular weight is 871 g/mol. The normalized spacial score (nSPS) is 13.8. The fourth-order valence-corrected chi connectivity index (χ4v) is 11.7. The second kappa shape index (κ2) is 15.2. The van der Waals surface area contributed by atoms with E-state index in [0.717, 1.165) is 22.7 Å². The molecule has 11 aromatic rings. The first kappa shape index (κ1) is 40.1. The first-order chi connectivity index (χ1) is 33.2. The first-order valence-electron chi connectivity index (χ1n) is 23.9. The molecule has 0 unspecified atom stereocenters. The van der Waals surface area contributed by atoms with Gasteiger partial charge in [0.2, 0.25) is 0 Å². The Morgan fingerprint density at radius 1 is 0.294 bits per heavy atom. The maximum Gasteiger partial charge on any atom is 0.0547 e. The van der Waals surface area contributed by atoms with E-state index in [4.69, 9.17) is 0 Å². The van der Waals surface area contributed by atoms with Gasteiger partial charge < -0.3 is 9.47 Å². The largest absolute Gasteiger partial charge is 0.310 e. The summed E-state index contributed by atoms with van der Waals surface area (Å²) >= 11 is 0. The number of hydrogen-bond donors (Lipinski definition) is 0. The van der Waals surface area contributed by atoms with Crippen LogP contribution in [0.3, 0.4) is 0 Å². The number of fused-ring (bicyclic) bond motifs is 9. The summed E-state index contributed by atoms with van der Waals surface area (Å²) in [6.07, 6.45) is 0. The van der Waals surface area contributed by atoms with Gasteiger partial charge in [0.25, 0.3) is 0 Å². The maximum absolute atomic E-state index is 2.47. The Morgan fingerprint density at radius 2 is 0.735 bits per heavy atom. The summed E-state index contributed by atoms with van der Waals surface area (Å²) in [7, 11) is 0. The highest BCUT2D eigenvalue weighted by Crippen LogP contribution is 2.53. The lowest BCUT2D eigenvalue weighted by Gasteiger charge is -2.30. The van der Waals surface area contributed by atoms with Gasteiger partial charge in [-0.3, -0.25) is 0 Å². The van der Waals surface area contributed by atoms with Crippen molar-refractivity contribution in [2.45, 2.75) is 38.5 Å². The Kier molecular flexibility index (Phi) is 8.95. The average Bonchev–Trinajstić information content (AvgIpc) is 3.93. The van der Waals surface area contributed by atoms with Gasteiger partial charge >= 0.3 is 0 Å². The second-order valence-electron chi connectivity index (χ2n) is 19.8. The Labute approximate surface area is 399 Å². The summed E-state index contributed by atoms with van der Waals surface area (Å²) in [4.78, 5) is 2.47. The van der Waals surface area contributed by atoms with Crippen molar-refractivity contribution in [3.8, 4) is 61.3 Å². The summed E-state index contributed by atoms with van der Waals surface area (Å²) < 4.78 is 2.46. The van der Waals surface area contributed by atoms with Crippen molar-refractivity contribution in [2.24, 2.45) is 0 Å². The van der Waals surface area contributed by atoms with Gasteiger partial charge in [-0.25, -0.2) is 0 Å². The van der Waals surface area contributed by atoms with Crippen LogP contribution in [0.2, 0.25) is 0 Å². The van der Waals surface area contributed by atoms with Crippen LogP contribution in [0.5, 0.6) is 0 Å². The van der Waals surface area contributed by atoms with Gasteiger partial charge in [0.15, 0.2) is 0 Å². The molecule has 0 spiro atoms. The third-order valence-electron chi connectivity index (χ3n) is 15.2. The van der Waals surface area contributed by atoms with Gasteiger partial charge in [0.1, 0.15) is 0 Å². The minimum atomic E-state index is -0.119. The molecule has 2 aliphatic rings. The molecule has 0 radical (unpaired) electrons. The van der Waals surface area contributed by atoms with Gasteiger partial charge in [-0.15, -0.1) is 0 Å². The lowest BCUT2D eigenvalue weighted by Crippen LogP contribution is -2.18. The predicted octanol–water partition coefficient (Wildman–Crippen LogP) is 17.9. The van der Waals surface area contributed by atoms with Gasteiger partial charge in [0.05, 0.1) is 11.0 Å². The Bertz CT molecular complexity index is 3610. The van der Waals surface area contributed by atoms with Gasteiger partial charge in [0, 0.05) is 44.4 Å². The van der Waals surface area contributed by atoms with Crippen molar-refractivity contribution in [1.29, 1.82) is 0 Å². The van der Waals surface area contributed by atoms with Crippen LogP contribution in [0.1, 0.15) is 49.9 Å². The van der Waals surface area contributed by atoms with Crippen LogP contribution in [-0.4, -0.2) is 4.57 Å². The zero-order valence-electron chi connectivity index (χ0n) is 38.8. The van der Waals surface area contributed by atoms with Gasteiger partial charge in [-0.2, -0.15) is 0 Å². The third-order valence-corrected chi connectivity index (χ3v) is 15.2. The van der Waals surface area contributed by atoms with E-state index in [2.05, 4.69) is 268 Å². The molecular formula is C66H50N2. The molecule has 0 fully saturated rings. The minimum Gasteiger partial charge on any atom is -0.310 e. The van der Waals surface area contributed by atoms with E-state index in [0.29, 0.717) is 0 Å². The lowest BCUT2D eigenvalue weighted by molar-refractivity contribution is 0.660. The molecule has 0 amide bonds. The molecule has 2 aliphatic carbocycles. The van der Waals surface area contributed by atoms with Crippen LogP contribution in [0.25, 0.3) is 83.1 Å². The van der Waals surface area contributed by atoms with E-state index in [1.165, 1.54) is 99.7 Å². The molecule has 2 heteroatoms. The molecule has 2 nitrogen and oxygen atoms in total. The van der Waals surface area contributed by atoms with E-state index in [1.54, 1.807) is 0 Å². The number of para-hydroxylation sites is 1. The van der Waals surface area contributed by atoms with E-state index in [9.17, 15) is 0 Å². The molecular weight excluding hydrogens is 821 g/mol. The molecule has 0 aliphatic heterocycles. The van der Waals surface area contributed by atoms with E-state index in [1.807, 2.05) is 0 Å². The molecule has 10 aromatic carbocycles. The molecule has 0 atom stereocenters. The number of hydrogen-bond acceptors (Lipinski definition) is 1. The van der Waals surface area contributed by atoms with Gasteiger partial charge in [-0.1, -0.05) is 191 Å². The predicted molar refractivity (Wildman–Crippen MR) is 287 cm³/mol. The van der Waals surface area contributed by atoms with Crippen molar-refractivity contribution in [1.82, 2.24) is 4.57 Å². The topological polar surface area (TPSA) is 8.17 Å². The van der Waals surface area contributed by atoms with Crippen LogP contribution < -0.4 is 4.90 Å². The quantitative estimate of drug-likeness (QED) is 0.155. The van der Waals surface area contributed by atoms with E-state index < -0.39 is 0 Å². The Morgan fingerprint density at radius 3 is 1.31 bits per heavy atom. The molecule has 0 bridgehead atoms. The maximum atomic E-state index is 2.47. The SMILES string of the molecule is CC1(C)c2ccccc2-c2ccc(N(c3ccc(-c4ccc5c6ccccc6n(-c6cc(-c7ccccc7)cc(-c7ccccc7)c6)c5c4)cc3)c3ccc4c(c3)C(C)(C)c3ccccc3-4)cc21. The van der Waals surface area contributed by atoms with Crippen molar-refractivity contribution < 1.29 is 0 Å². The molecule has 13 rings (SSSR count). The summed E-state index contributed by atoms with van der Waals surface area (Å²) in [5.41, 5.74) is 24.7. The zero-order chi connectivity index (χ0) is 45.7. The molecule has 68 heavy (non-hydrogen) atoms. The Hall–Kier alpha value is -8.20. The number of aromatic nitrogens is 1. The van der Waals surface area contributed by atoms with Crippen molar-refractivity contribution in [2.75, 3.05) is 4.90 Å². The summed E-state index contributed by atoms with van der Waals surface area (Å²) in [6.45, 7) is 9.48. The fraction of sp³-hybridized carbons (Fsp3) is 0.0909. The smallest absolute Gasteiger partial charge is 0.0547 e. The monoisotopic (exact) mass is 870 g/mol. The highest BCUT2D eigenvalue weighted by Gasteiger charge is 2.37. The molecule has 324 valence electrons. The van der Waals surface area contributed by atoms with E-state index in [-0.39, 0.29) is 10.8 Å². The van der Waals surface area contributed by atoms with Crippen LogP contribution >= 0.6 is 0 Å². The second-order valence-corrected chi connectivity index (χ2v) is 19.8. The zero-order valence-corrected chi connectivity index (χ0v) is 38.8. The van der Waals surface area contributed by atoms with Crippen LogP contribution in [0.4, 0.5) is 17.1 Å². The lowest BCUT2D eigenvalue weighted by atomic mass is 9.82. The number of anilines is 3. The first-order valence-corrected chi connectivity index (χ1v) is 23.9. The van der Waals surface area contributed by atoms with Crippen molar-refractivity contribution in [3.05, 3.63) is 253 Å². The summed E-state index contributed by atoms with van der Waals surface area (Å²) in [5.74, 6) is 0. The molecule has 1 heterocycles. The Balaban J connectivity index is 0.948. The summed E-state index contributed by atoms with van der Waals surface area (Å²) in [6, 6.07) is 85.6. The molecule has 0 saturated heterocycles. The number of benzene rings is 10. The highest BCUT2D eigenvalue weighted by atomic mass is 15.1. The summed E-state index contributed by atoms with van der Waals surface area (Å²) in [5, 5.41) is 2.48. The fourth-order valence-electron chi connectivity index (χ4n) is 11.7. The van der Waals surface area contributed by atoms with Crippen LogP contribution in [-0.2, 0) is 10.8 Å². The van der Waals surface area contributed by atoms with Crippen LogP contribution in [0, 0.1) is 0 Å². The van der Waals surface area contributed by atoms with Crippen molar-refractivity contribution >= 4 is 38.9 Å².